The van der Waals surface area contributed by atoms with Crippen LogP contribution >= 0.6 is 0 Å². The number of nitrogens with one attached hydrogen (secondary N) is 1. The van der Waals surface area contributed by atoms with E-state index < -0.39 is 0 Å². The van der Waals surface area contributed by atoms with Crippen molar-refractivity contribution in [3.05, 3.63) is 17.2 Å². The first kappa shape index (κ1) is 14.1. The standard InChI is InChI=1S/C16H27N3O/c1-11(2)16-18-14-10-17-7-4-15(14)19(16)12(3)13-5-8-20-9-6-13/h11-13,17H,4-10H2,1-3H3. The molecule has 1 N–H and O–H groups in total. The average Bonchev–Trinajstić information content (AvgIpc) is 2.87. The van der Waals surface area contributed by atoms with Gasteiger partial charge in [-0.05, 0) is 25.7 Å². The molecule has 0 radical (unpaired) electrons. The van der Waals surface area contributed by atoms with E-state index in [2.05, 4.69) is 30.7 Å². The van der Waals surface area contributed by atoms with Crippen molar-refractivity contribution in [3.8, 4) is 0 Å². The van der Waals surface area contributed by atoms with Gasteiger partial charge in [0.1, 0.15) is 5.82 Å². The molecular formula is C16H27N3O. The zero-order chi connectivity index (χ0) is 14.1. The summed E-state index contributed by atoms with van der Waals surface area (Å²) in [5.74, 6) is 2.50. The molecule has 0 amide bonds. The number of ether oxygens (including phenoxy) is 1. The molecule has 0 bridgehead atoms. The zero-order valence-corrected chi connectivity index (χ0v) is 13.0. The van der Waals surface area contributed by atoms with E-state index in [1.165, 1.54) is 30.1 Å². The van der Waals surface area contributed by atoms with E-state index >= 15 is 0 Å². The Morgan fingerprint density at radius 2 is 2.00 bits per heavy atom. The molecule has 112 valence electrons. The fraction of sp³-hybridized carbons (Fsp3) is 0.812. The minimum atomic E-state index is 0.489. The predicted molar refractivity (Wildman–Crippen MR) is 80.0 cm³/mol. The lowest BCUT2D eigenvalue weighted by atomic mass is 9.92. The molecular weight excluding hydrogens is 250 g/mol. The molecule has 0 aromatic carbocycles. The van der Waals surface area contributed by atoms with Gasteiger partial charge in [0.25, 0.3) is 0 Å². The number of imidazole rings is 1. The Kier molecular flexibility index (Phi) is 4.13. The molecule has 4 nitrogen and oxygen atoms in total. The molecule has 3 rings (SSSR count). The molecule has 1 aromatic heterocycles. The summed E-state index contributed by atoms with van der Waals surface area (Å²) in [5.41, 5.74) is 2.75. The van der Waals surface area contributed by atoms with E-state index in [0.29, 0.717) is 12.0 Å². The molecule has 3 heterocycles. The predicted octanol–water partition coefficient (Wildman–Crippen LogP) is 2.64. The van der Waals surface area contributed by atoms with Crippen molar-refractivity contribution in [2.24, 2.45) is 5.92 Å². The summed E-state index contributed by atoms with van der Waals surface area (Å²) in [7, 11) is 0. The van der Waals surface area contributed by atoms with Crippen LogP contribution in [0, 0.1) is 5.92 Å². The Hall–Kier alpha value is -0.870. The first-order chi connectivity index (χ1) is 9.68. The summed E-state index contributed by atoms with van der Waals surface area (Å²) in [6.45, 7) is 10.8. The molecule has 1 saturated heterocycles. The van der Waals surface area contributed by atoms with E-state index in [0.717, 1.165) is 38.6 Å². The highest BCUT2D eigenvalue weighted by molar-refractivity contribution is 5.23. The Morgan fingerprint density at radius 3 is 2.70 bits per heavy atom. The maximum atomic E-state index is 5.52. The van der Waals surface area contributed by atoms with Gasteiger partial charge in [-0.2, -0.15) is 0 Å². The van der Waals surface area contributed by atoms with Gasteiger partial charge in [-0.1, -0.05) is 13.8 Å². The normalized spacial score (nSPS) is 22.0. The summed E-state index contributed by atoms with van der Waals surface area (Å²) in [4.78, 5) is 4.94. The van der Waals surface area contributed by atoms with E-state index in [1.807, 2.05) is 0 Å². The average molecular weight is 277 g/mol. The van der Waals surface area contributed by atoms with Gasteiger partial charge in [0.2, 0.25) is 0 Å². The Bertz CT molecular complexity index is 461. The summed E-state index contributed by atoms with van der Waals surface area (Å²) in [5, 5.41) is 3.44. The quantitative estimate of drug-likeness (QED) is 0.923. The number of hydrogen-bond acceptors (Lipinski definition) is 3. The van der Waals surface area contributed by atoms with E-state index in [9.17, 15) is 0 Å². The third-order valence-corrected chi connectivity index (χ3v) is 4.82. The van der Waals surface area contributed by atoms with Crippen molar-refractivity contribution >= 4 is 0 Å². The number of rotatable bonds is 3. The third-order valence-electron chi connectivity index (χ3n) is 4.82. The van der Waals surface area contributed by atoms with Crippen LogP contribution in [0.25, 0.3) is 0 Å². The minimum absolute atomic E-state index is 0.489. The molecule has 0 aliphatic carbocycles. The lowest BCUT2D eigenvalue weighted by Gasteiger charge is -2.32. The van der Waals surface area contributed by atoms with Gasteiger partial charge in [0, 0.05) is 50.4 Å². The van der Waals surface area contributed by atoms with Crippen LogP contribution in [0.2, 0.25) is 0 Å². The molecule has 0 saturated carbocycles. The van der Waals surface area contributed by atoms with Crippen molar-refractivity contribution in [2.75, 3.05) is 19.8 Å². The topological polar surface area (TPSA) is 39.1 Å². The van der Waals surface area contributed by atoms with Crippen molar-refractivity contribution < 1.29 is 4.74 Å². The van der Waals surface area contributed by atoms with Gasteiger partial charge in [-0.3, -0.25) is 0 Å². The molecule has 0 spiro atoms. The van der Waals surface area contributed by atoms with E-state index in [1.54, 1.807) is 0 Å². The summed E-state index contributed by atoms with van der Waals surface area (Å²) >= 11 is 0. The van der Waals surface area contributed by atoms with Gasteiger partial charge in [-0.15, -0.1) is 0 Å². The van der Waals surface area contributed by atoms with Crippen LogP contribution in [-0.2, 0) is 17.7 Å². The second-order valence-corrected chi connectivity index (χ2v) is 6.51. The highest BCUT2D eigenvalue weighted by atomic mass is 16.5. The fourth-order valence-corrected chi connectivity index (χ4v) is 3.62. The highest BCUT2D eigenvalue weighted by Gasteiger charge is 2.29. The number of fused-ring (bicyclic) bond motifs is 1. The number of aromatic nitrogens is 2. The van der Waals surface area contributed by atoms with Crippen LogP contribution in [0.3, 0.4) is 0 Å². The maximum Gasteiger partial charge on any atom is 0.112 e. The van der Waals surface area contributed by atoms with Gasteiger partial charge in [0.15, 0.2) is 0 Å². The van der Waals surface area contributed by atoms with Crippen molar-refractivity contribution in [1.29, 1.82) is 0 Å². The van der Waals surface area contributed by atoms with E-state index in [-0.39, 0.29) is 0 Å². The first-order valence-electron chi connectivity index (χ1n) is 8.06. The molecule has 1 unspecified atom stereocenters. The Balaban J connectivity index is 1.95. The van der Waals surface area contributed by atoms with E-state index in [4.69, 9.17) is 9.72 Å². The van der Waals surface area contributed by atoms with Gasteiger partial charge in [-0.25, -0.2) is 4.98 Å². The summed E-state index contributed by atoms with van der Waals surface area (Å²) < 4.78 is 8.09. The van der Waals surface area contributed by atoms with Crippen LogP contribution in [0.5, 0.6) is 0 Å². The SMILES string of the molecule is CC(C)c1nc2c(n1C(C)C1CCOCC1)CCNC2. The number of nitrogens with zero attached hydrogens (tertiary/aromatic N) is 2. The molecule has 1 aromatic rings. The van der Waals surface area contributed by atoms with Gasteiger partial charge in [0.05, 0.1) is 5.69 Å². The molecule has 2 aliphatic rings. The summed E-state index contributed by atoms with van der Waals surface area (Å²) in [6, 6.07) is 0.547. The molecule has 2 aliphatic heterocycles. The lowest BCUT2D eigenvalue weighted by Crippen LogP contribution is -2.29. The van der Waals surface area contributed by atoms with Crippen molar-refractivity contribution in [2.45, 2.75) is 58.5 Å². The van der Waals surface area contributed by atoms with Crippen molar-refractivity contribution in [3.63, 3.8) is 0 Å². The van der Waals surface area contributed by atoms with Gasteiger partial charge < -0.3 is 14.6 Å². The Labute approximate surface area is 121 Å². The second kappa shape index (κ2) is 5.86. The highest BCUT2D eigenvalue weighted by Crippen LogP contribution is 2.33. The molecule has 1 fully saturated rings. The molecule has 1 atom stereocenters. The minimum Gasteiger partial charge on any atom is -0.381 e. The van der Waals surface area contributed by atoms with Crippen LogP contribution in [-0.4, -0.2) is 29.3 Å². The van der Waals surface area contributed by atoms with Crippen LogP contribution < -0.4 is 5.32 Å². The first-order valence-corrected chi connectivity index (χ1v) is 8.06. The maximum absolute atomic E-state index is 5.52. The molecule has 20 heavy (non-hydrogen) atoms. The Morgan fingerprint density at radius 1 is 1.25 bits per heavy atom. The van der Waals surface area contributed by atoms with Crippen LogP contribution in [0.15, 0.2) is 0 Å². The second-order valence-electron chi connectivity index (χ2n) is 6.51. The summed E-state index contributed by atoms with van der Waals surface area (Å²) in [6.07, 6.45) is 3.48. The number of hydrogen-bond donors (Lipinski definition) is 1. The smallest absolute Gasteiger partial charge is 0.112 e. The largest absolute Gasteiger partial charge is 0.381 e. The fourth-order valence-electron chi connectivity index (χ4n) is 3.62. The monoisotopic (exact) mass is 277 g/mol. The van der Waals surface area contributed by atoms with Crippen molar-refractivity contribution in [1.82, 2.24) is 14.9 Å². The van der Waals surface area contributed by atoms with Crippen LogP contribution in [0.1, 0.15) is 62.8 Å². The zero-order valence-electron chi connectivity index (χ0n) is 13.0. The van der Waals surface area contributed by atoms with Crippen LogP contribution in [0.4, 0.5) is 0 Å². The van der Waals surface area contributed by atoms with Gasteiger partial charge >= 0.3 is 0 Å². The molecule has 4 heteroatoms. The lowest BCUT2D eigenvalue weighted by molar-refractivity contribution is 0.0504. The third kappa shape index (κ3) is 2.51.